The fraction of sp³-hybridized carbons (Fsp3) is 0.643. The van der Waals surface area contributed by atoms with Crippen LogP contribution in [0.3, 0.4) is 0 Å². The van der Waals surface area contributed by atoms with Gasteiger partial charge in [-0.25, -0.2) is 17.9 Å². The number of ether oxygens (including phenoxy) is 1. The molecule has 0 saturated carbocycles. The average molecular weight is 316 g/mol. The third kappa shape index (κ3) is 3.47. The van der Waals surface area contributed by atoms with Crippen LogP contribution in [0.2, 0.25) is 0 Å². The molecule has 7 heteroatoms. The first-order valence-corrected chi connectivity index (χ1v) is 8.50. The zero-order chi connectivity index (χ0) is 16.4. The molecule has 1 aromatic rings. The van der Waals surface area contributed by atoms with Crippen LogP contribution in [0.25, 0.3) is 0 Å². The Balaban J connectivity index is 3.40. The van der Waals surface area contributed by atoms with Crippen LogP contribution < -0.4 is 4.72 Å². The lowest BCUT2D eigenvalue weighted by Crippen LogP contribution is -2.32. The molecule has 120 valence electrons. The van der Waals surface area contributed by atoms with Crippen LogP contribution in [0.15, 0.2) is 4.90 Å². The Hall–Kier alpha value is -1.34. The van der Waals surface area contributed by atoms with Gasteiger partial charge in [0.15, 0.2) is 0 Å². The molecule has 0 amide bonds. The summed E-state index contributed by atoms with van der Waals surface area (Å²) in [4.78, 5) is 12.2. The van der Waals surface area contributed by atoms with Crippen LogP contribution in [0, 0.1) is 13.8 Å². The lowest BCUT2D eigenvalue weighted by molar-refractivity contribution is 0.0514. The van der Waals surface area contributed by atoms with E-state index in [9.17, 15) is 13.2 Å². The first kappa shape index (κ1) is 17.7. The van der Waals surface area contributed by atoms with Gasteiger partial charge < -0.3 is 9.30 Å². The van der Waals surface area contributed by atoms with Gasteiger partial charge in [-0.2, -0.15) is 0 Å². The van der Waals surface area contributed by atoms with Crippen molar-refractivity contribution in [3.8, 4) is 0 Å². The third-order valence-electron chi connectivity index (χ3n) is 3.57. The number of sulfonamides is 1. The molecule has 0 radical (unpaired) electrons. The van der Waals surface area contributed by atoms with Crippen molar-refractivity contribution >= 4 is 16.0 Å². The van der Waals surface area contributed by atoms with Gasteiger partial charge in [-0.15, -0.1) is 0 Å². The van der Waals surface area contributed by atoms with Crippen molar-refractivity contribution in [3.63, 3.8) is 0 Å². The molecule has 1 atom stereocenters. The van der Waals surface area contributed by atoms with Crippen LogP contribution in [-0.2, 0) is 21.8 Å². The number of hydrogen-bond acceptors (Lipinski definition) is 4. The molecule has 21 heavy (non-hydrogen) atoms. The molecule has 1 heterocycles. The summed E-state index contributed by atoms with van der Waals surface area (Å²) in [6.07, 6.45) is 0.689. The second-order valence-electron chi connectivity index (χ2n) is 5.10. The van der Waals surface area contributed by atoms with Crippen LogP contribution >= 0.6 is 0 Å². The number of aromatic nitrogens is 1. The third-order valence-corrected chi connectivity index (χ3v) is 5.42. The normalized spacial score (nSPS) is 13.2. The predicted octanol–water partition coefficient (Wildman–Crippen LogP) is 1.90. The van der Waals surface area contributed by atoms with E-state index >= 15 is 0 Å². The highest BCUT2D eigenvalue weighted by molar-refractivity contribution is 7.89. The van der Waals surface area contributed by atoms with Gasteiger partial charge in [0.1, 0.15) is 10.6 Å². The van der Waals surface area contributed by atoms with Crippen LogP contribution in [0.4, 0.5) is 0 Å². The first-order valence-electron chi connectivity index (χ1n) is 7.02. The van der Waals surface area contributed by atoms with E-state index in [2.05, 4.69) is 4.72 Å². The monoisotopic (exact) mass is 316 g/mol. The van der Waals surface area contributed by atoms with Gasteiger partial charge in [0.25, 0.3) is 0 Å². The van der Waals surface area contributed by atoms with Crippen molar-refractivity contribution in [3.05, 3.63) is 17.0 Å². The Morgan fingerprint density at radius 2 is 1.90 bits per heavy atom. The predicted molar refractivity (Wildman–Crippen MR) is 80.9 cm³/mol. The largest absolute Gasteiger partial charge is 0.461 e. The molecule has 0 bridgehead atoms. The van der Waals surface area contributed by atoms with Gasteiger partial charge in [0.05, 0.1) is 6.61 Å². The van der Waals surface area contributed by atoms with Crippen molar-refractivity contribution in [1.29, 1.82) is 0 Å². The van der Waals surface area contributed by atoms with Crippen LogP contribution in [0.1, 0.15) is 48.9 Å². The quantitative estimate of drug-likeness (QED) is 0.813. The van der Waals surface area contributed by atoms with E-state index in [1.165, 1.54) is 0 Å². The molecular formula is C14H24N2O4S. The molecule has 6 nitrogen and oxygen atoms in total. The fourth-order valence-corrected chi connectivity index (χ4v) is 4.08. The molecule has 0 aliphatic carbocycles. The van der Waals surface area contributed by atoms with E-state index in [0.717, 1.165) is 0 Å². The van der Waals surface area contributed by atoms with Crippen molar-refractivity contribution < 1.29 is 17.9 Å². The maximum absolute atomic E-state index is 12.5. The highest BCUT2D eigenvalue weighted by Crippen LogP contribution is 2.26. The van der Waals surface area contributed by atoms with Crippen molar-refractivity contribution in [1.82, 2.24) is 9.29 Å². The zero-order valence-corrected chi connectivity index (χ0v) is 14.3. The summed E-state index contributed by atoms with van der Waals surface area (Å²) in [6.45, 7) is 8.98. The van der Waals surface area contributed by atoms with E-state index in [1.807, 2.05) is 6.92 Å². The van der Waals surface area contributed by atoms with Crippen molar-refractivity contribution in [2.75, 3.05) is 6.61 Å². The summed E-state index contributed by atoms with van der Waals surface area (Å²) in [5, 5.41) is 0. The number of nitrogens with zero attached hydrogens (tertiary/aromatic N) is 1. The standard InChI is InChI=1S/C14H24N2O4S/c1-7-9(3)15-21(18,19)13-10(4)12(14(17)20-8-2)16(6)11(13)5/h9,15H,7-8H2,1-6H3. The average Bonchev–Trinajstić information content (AvgIpc) is 2.60. The minimum absolute atomic E-state index is 0.161. The summed E-state index contributed by atoms with van der Waals surface area (Å²) < 4.78 is 34.2. The minimum atomic E-state index is -3.66. The van der Waals surface area contributed by atoms with Crippen molar-refractivity contribution in [2.45, 2.75) is 52.0 Å². The Kier molecular flexibility index (Phi) is 5.58. The topological polar surface area (TPSA) is 77.4 Å². The lowest BCUT2D eigenvalue weighted by atomic mass is 10.2. The minimum Gasteiger partial charge on any atom is -0.461 e. The van der Waals surface area contributed by atoms with E-state index in [4.69, 9.17) is 4.74 Å². The summed E-state index contributed by atoms with van der Waals surface area (Å²) in [6, 6.07) is -0.167. The van der Waals surface area contributed by atoms with Gasteiger partial charge in [-0.05, 0) is 34.1 Å². The molecule has 1 unspecified atom stereocenters. The molecule has 0 saturated heterocycles. The molecule has 1 aromatic heterocycles. The molecule has 0 aromatic carbocycles. The molecule has 0 aliphatic heterocycles. The fourth-order valence-electron chi connectivity index (χ4n) is 2.24. The van der Waals surface area contributed by atoms with Crippen LogP contribution in [0.5, 0.6) is 0 Å². The van der Waals surface area contributed by atoms with E-state index in [1.54, 1.807) is 39.3 Å². The number of nitrogens with one attached hydrogen (secondary N) is 1. The lowest BCUT2D eigenvalue weighted by Gasteiger charge is -2.12. The maximum Gasteiger partial charge on any atom is 0.355 e. The molecular weight excluding hydrogens is 292 g/mol. The van der Waals surface area contributed by atoms with E-state index in [-0.39, 0.29) is 23.2 Å². The Labute approximate surface area is 126 Å². The van der Waals surface area contributed by atoms with E-state index < -0.39 is 16.0 Å². The first-order chi connectivity index (χ1) is 9.67. The maximum atomic E-state index is 12.5. The number of esters is 1. The summed E-state index contributed by atoms with van der Waals surface area (Å²) in [7, 11) is -2.00. The summed E-state index contributed by atoms with van der Waals surface area (Å²) in [5.41, 5.74) is 1.22. The Morgan fingerprint density at radius 3 is 2.38 bits per heavy atom. The zero-order valence-electron chi connectivity index (χ0n) is 13.5. The smallest absolute Gasteiger partial charge is 0.355 e. The number of carbonyl (C=O) groups is 1. The highest BCUT2D eigenvalue weighted by Gasteiger charge is 2.29. The van der Waals surface area contributed by atoms with Gasteiger partial charge in [-0.3, -0.25) is 0 Å². The molecule has 0 spiro atoms. The second kappa shape index (κ2) is 6.62. The van der Waals surface area contributed by atoms with Gasteiger partial charge in [0, 0.05) is 24.3 Å². The Morgan fingerprint density at radius 1 is 1.33 bits per heavy atom. The summed E-state index contributed by atoms with van der Waals surface area (Å²) >= 11 is 0. The molecule has 0 fully saturated rings. The molecule has 0 aliphatic rings. The molecule has 1 rings (SSSR count). The van der Waals surface area contributed by atoms with Crippen LogP contribution in [-0.4, -0.2) is 31.6 Å². The van der Waals surface area contributed by atoms with E-state index in [0.29, 0.717) is 17.7 Å². The van der Waals surface area contributed by atoms with Gasteiger partial charge in [-0.1, -0.05) is 6.92 Å². The number of carbonyl (C=O) groups excluding carboxylic acids is 1. The Bertz CT molecular complexity index is 632. The SMILES string of the molecule is CCOC(=O)c1c(C)c(S(=O)(=O)NC(C)CC)c(C)n1C. The van der Waals surface area contributed by atoms with Crippen molar-refractivity contribution in [2.24, 2.45) is 7.05 Å². The van der Waals surface area contributed by atoms with Gasteiger partial charge >= 0.3 is 5.97 Å². The number of hydrogen-bond donors (Lipinski definition) is 1. The summed E-state index contributed by atoms with van der Waals surface area (Å²) in [5.74, 6) is -0.509. The highest BCUT2D eigenvalue weighted by atomic mass is 32.2. The molecule has 1 N–H and O–H groups in total. The van der Waals surface area contributed by atoms with Gasteiger partial charge in [0.2, 0.25) is 10.0 Å². The number of rotatable bonds is 6. The second-order valence-corrected chi connectivity index (χ2v) is 6.75.